The van der Waals surface area contributed by atoms with Gasteiger partial charge in [0.05, 0.1) is 17.0 Å². The quantitative estimate of drug-likeness (QED) is 0.699. The van der Waals surface area contributed by atoms with Gasteiger partial charge in [0, 0.05) is 17.1 Å². The Balaban J connectivity index is 1.61. The van der Waals surface area contributed by atoms with E-state index in [9.17, 15) is 9.90 Å². The van der Waals surface area contributed by atoms with Gasteiger partial charge in [-0.3, -0.25) is 4.79 Å². The van der Waals surface area contributed by atoms with Crippen LogP contribution in [0.15, 0.2) is 46.7 Å². The molecule has 7 nitrogen and oxygen atoms in total. The van der Waals surface area contributed by atoms with Crippen molar-refractivity contribution in [2.75, 3.05) is 5.75 Å². The first kappa shape index (κ1) is 16.8. The zero-order chi connectivity index (χ0) is 18.1. The number of aromatic hydroxyl groups is 1. The third-order valence-corrected chi connectivity index (χ3v) is 5.87. The number of carboxylic acids is 1. The molecule has 0 spiro atoms. The van der Waals surface area contributed by atoms with Crippen molar-refractivity contribution in [1.29, 1.82) is 0 Å². The molecule has 0 saturated heterocycles. The second kappa shape index (κ2) is 6.93. The van der Waals surface area contributed by atoms with E-state index in [1.165, 1.54) is 11.3 Å². The van der Waals surface area contributed by atoms with Crippen LogP contribution in [0.25, 0.3) is 0 Å². The van der Waals surface area contributed by atoms with Gasteiger partial charge in [-0.15, -0.1) is 21.5 Å². The zero-order valence-electron chi connectivity index (χ0n) is 13.5. The minimum absolute atomic E-state index is 0.0229. The molecule has 9 heteroatoms. The van der Waals surface area contributed by atoms with Gasteiger partial charge >= 0.3 is 5.97 Å². The lowest BCUT2D eigenvalue weighted by Crippen LogP contribution is -2.13. The van der Waals surface area contributed by atoms with E-state index in [0.717, 1.165) is 32.0 Å². The van der Waals surface area contributed by atoms with Gasteiger partial charge in [0.2, 0.25) is 5.16 Å². The molecule has 3 heterocycles. The van der Waals surface area contributed by atoms with E-state index in [2.05, 4.69) is 15.3 Å². The minimum atomic E-state index is -0.837. The Kier molecular flexibility index (Phi) is 4.48. The molecule has 1 aliphatic rings. The number of carboxylic acid groups (broad SMARTS) is 1. The fourth-order valence-electron chi connectivity index (χ4n) is 2.57. The third-order valence-electron chi connectivity index (χ3n) is 3.81. The van der Waals surface area contributed by atoms with Crippen LogP contribution in [0.1, 0.15) is 21.1 Å². The van der Waals surface area contributed by atoms with E-state index in [1.807, 2.05) is 24.3 Å². The molecule has 1 aliphatic heterocycles. The summed E-state index contributed by atoms with van der Waals surface area (Å²) in [7, 11) is 0. The van der Waals surface area contributed by atoms with Gasteiger partial charge < -0.3 is 10.2 Å². The van der Waals surface area contributed by atoms with Gasteiger partial charge in [0.1, 0.15) is 5.75 Å². The van der Waals surface area contributed by atoms with Crippen LogP contribution >= 0.6 is 23.1 Å². The van der Waals surface area contributed by atoms with Crippen LogP contribution in [0, 0.1) is 0 Å². The van der Waals surface area contributed by atoms with Crippen LogP contribution in [0.3, 0.4) is 0 Å². The molecule has 132 valence electrons. The molecule has 1 aromatic carbocycles. The highest BCUT2D eigenvalue weighted by Gasteiger charge is 2.21. The number of nitrogens with zero attached hydrogens (tertiary/aromatic N) is 4. The molecule has 0 radical (unpaired) electrons. The SMILES string of the molecule is O=C(O)Cc1ccc(C2=Nn3c(Cc4ccc(O)cc4)nnc3SC2)s1. The summed E-state index contributed by atoms with van der Waals surface area (Å²) in [5.74, 6) is 0.778. The summed E-state index contributed by atoms with van der Waals surface area (Å²) in [4.78, 5) is 12.6. The minimum Gasteiger partial charge on any atom is -0.508 e. The number of phenolic OH excluding ortho intramolecular Hbond substituents is 1. The van der Waals surface area contributed by atoms with Crippen molar-refractivity contribution in [2.24, 2.45) is 5.10 Å². The largest absolute Gasteiger partial charge is 0.508 e. The summed E-state index contributed by atoms with van der Waals surface area (Å²) in [6.07, 6.45) is 0.578. The molecule has 2 aromatic heterocycles. The highest BCUT2D eigenvalue weighted by molar-refractivity contribution is 7.99. The normalized spacial score (nSPS) is 13.3. The smallest absolute Gasteiger partial charge is 0.308 e. The molecular formula is C17H14N4O3S2. The topological polar surface area (TPSA) is 101 Å². The first-order valence-electron chi connectivity index (χ1n) is 7.82. The number of hydrogen-bond donors (Lipinski definition) is 2. The van der Waals surface area contributed by atoms with Crippen molar-refractivity contribution >= 4 is 34.8 Å². The number of fused-ring (bicyclic) bond motifs is 1. The maximum Gasteiger partial charge on any atom is 0.308 e. The van der Waals surface area contributed by atoms with Crippen LogP contribution in [-0.4, -0.2) is 42.5 Å². The first-order chi connectivity index (χ1) is 12.6. The Labute approximate surface area is 157 Å². The fraction of sp³-hybridized carbons (Fsp3) is 0.176. The average Bonchev–Trinajstić information content (AvgIpc) is 3.23. The highest BCUT2D eigenvalue weighted by Crippen LogP contribution is 2.28. The number of phenols is 1. The van der Waals surface area contributed by atoms with E-state index in [-0.39, 0.29) is 12.2 Å². The van der Waals surface area contributed by atoms with Gasteiger partial charge in [-0.25, -0.2) is 0 Å². The number of aromatic nitrogens is 3. The summed E-state index contributed by atoms with van der Waals surface area (Å²) in [5, 5.41) is 32.2. The van der Waals surface area contributed by atoms with E-state index >= 15 is 0 Å². The second-order valence-electron chi connectivity index (χ2n) is 5.73. The van der Waals surface area contributed by atoms with Crippen molar-refractivity contribution in [2.45, 2.75) is 18.0 Å². The molecule has 0 aliphatic carbocycles. The number of benzene rings is 1. The van der Waals surface area contributed by atoms with Gasteiger partial charge in [-0.2, -0.15) is 9.78 Å². The lowest BCUT2D eigenvalue weighted by Gasteiger charge is -2.12. The number of hydrogen-bond acceptors (Lipinski definition) is 7. The summed E-state index contributed by atoms with van der Waals surface area (Å²) in [6.45, 7) is 0. The molecular weight excluding hydrogens is 372 g/mol. The second-order valence-corrected chi connectivity index (χ2v) is 7.84. The predicted molar refractivity (Wildman–Crippen MR) is 99.3 cm³/mol. The Morgan fingerprint density at radius 2 is 1.96 bits per heavy atom. The summed E-state index contributed by atoms with van der Waals surface area (Å²) >= 11 is 3.01. The summed E-state index contributed by atoms with van der Waals surface area (Å²) in [6, 6.07) is 10.7. The molecule has 3 aromatic rings. The van der Waals surface area contributed by atoms with Crippen molar-refractivity contribution < 1.29 is 15.0 Å². The highest BCUT2D eigenvalue weighted by atomic mass is 32.2. The van der Waals surface area contributed by atoms with Gasteiger partial charge in [-0.1, -0.05) is 23.9 Å². The van der Waals surface area contributed by atoms with Crippen LogP contribution < -0.4 is 0 Å². The summed E-state index contributed by atoms with van der Waals surface area (Å²) < 4.78 is 1.74. The lowest BCUT2D eigenvalue weighted by atomic mass is 10.1. The Hall–Kier alpha value is -2.65. The number of thiophene rings is 1. The molecule has 26 heavy (non-hydrogen) atoms. The molecule has 0 atom stereocenters. The van der Waals surface area contributed by atoms with E-state index in [1.54, 1.807) is 28.6 Å². The van der Waals surface area contributed by atoms with Crippen molar-refractivity contribution in [3.8, 4) is 5.75 Å². The maximum atomic E-state index is 10.9. The number of aliphatic carboxylic acids is 1. The van der Waals surface area contributed by atoms with E-state index < -0.39 is 5.97 Å². The molecule has 4 rings (SSSR count). The molecule has 0 amide bonds. The van der Waals surface area contributed by atoms with Gasteiger partial charge in [0.15, 0.2) is 5.82 Å². The third kappa shape index (κ3) is 3.49. The number of rotatable bonds is 5. The molecule has 0 unspecified atom stereocenters. The summed E-state index contributed by atoms with van der Waals surface area (Å²) in [5.41, 5.74) is 1.89. The predicted octanol–water partition coefficient (Wildman–Crippen LogP) is 2.62. The van der Waals surface area contributed by atoms with Crippen LogP contribution in [-0.2, 0) is 17.6 Å². The van der Waals surface area contributed by atoms with Gasteiger partial charge in [0.25, 0.3) is 0 Å². The molecule has 0 bridgehead atoms. The van der Waals surface area contributed by atoms with Crippen LogP contribution in [0.5, 0.6) is 5.75 Å². The average molecular weight is 386 g/mol. The van der Waals surface area contributed by atoms with Crippen LogP contribution in [0.4, 0.5) is 0 Å². The van der Waals surface area contributed by atoms with Crippen molar-refractivity contribution in [3.63, 3.8) is 0 Å². The lowest BCUT2D eigenvalue weighted by molar-refractivity contribution is -0.136. The van der Waals surface area contributed by atoms with Crippen molar-refractivity contribution in [3.05, 3.63) is 57.5 Å². The Bertz CT molecular complexity index is 992. The Morgan fingerprint density at radius 1 is 1.15 bits per heavy atom. The number of carbonyl (C=O) groups is 1. The maximum absolute atomic E-state index is 10.9. The monoisotopic (exact) mass is 386 g/mol. The van der Waals surface area contributed by atoms with E-state index in [0.29, 0.717) is 12.2 Å². The van der Waals surface area contributed by atoms with Crippen molar-refractivity contribution in [1.82, 2.24) is 14.9 Å². The van der Waals surface area contributed by atoms with Crippen LogP contribution in [0.2, 0.25) is 0 Å². The fourth-order valence-corrected chi connectivity index (χ4v) is 4.49. The van der Waals surface area contributed by atoms with E-state index in [4.69, 9.17) is 5.11 Å². The molecule has 0 saturated carbocycles. The van der Waals surface area contributed by atoms with Gasteiger partial charge in [-0.05, 0) is 29.8 Å². The Morgan fingerprint density at radius 3 is 2.73 bits per heavy atom. The molecule has 0 fully saturated rings. The molecule has 2 N–H and O–H groups in total. The zero-order valence-corrected chi connectivity index (χ0v) is 15.1. The number of thioether (sulfide) groups is 1. The standard InChI is InChI=1S/C17H14N4O3S2/c22-11-3-1-10(2-4-11)7-15-18-19-17-21(15)20-13(9-25-17)14-6-5-12(26-14)8-16(23)24/h1-6,22H,7-9H2,(H,23,24). The first-order valence-corrected chi connectivity index (χ1v) is 9.62.